The van der Waals surface area contributed by atoms with Gasteiger partial charge in [0.15, 0.2) is 5.96 Å². The number of aliphatic imine (C=N–C) groups is 1. The van der Waals surface area contributed by atoms with E-state index in [9.17, 15) is 0 Å². The van der Waals surface area contributed by atoms with E-state index in [1.807, 2.05) is 36.9 Å². The fourth-order valence-electron chi connectivity index (χ4n) is 2.90. The van der Waals surface area contributed by atoms with Crippen molar-refractivity contribution >= 4 is 29.9 Å². The quantitative estimate of drug-likeness (QED) is 0.372. The van der Waals surface area contributed by atoms with Crippen molar-refractivity contribution in [3.8, 4) is 11.5 Å². The Kier molecular flexibility index (Phi) is 8.87. The van der Waals surface area contributed by atoms with Crippen LogP contribution in [0.2, 0.25) is 0 Å². The van der Waals surface area contributed by atoms with Gasteiger partial charge in [0.05, 0.1) is 26.0 Å². The minimum atomic E-state index is -0.0117. The largest absolute Gasteiger partial charge is 0.497 e. The van der Waals surface area contributed by atoms with E-state index in [4.69, 9.17) is 9.47 Å². The van der Waals surface area contributed by atoms with E-state index in [-0.39, 0.29) is 30.0 Å². The minimum Gasteiger partial charge on any atom is -0.497 e. The standard InChI is InChI=1S/C19H29N5O2.HI/c1-12(16-10-15(25-6)8-9-18(16)26-7)22-19(20-4)21-11-17-13(2)23-24(5)14(17)3;/h8-10,12H,11H2,1-7H3,(H2,20,21,22);1H. The van der Waals surface area contributed by atoms with Crippen LogP contribution in [0, 0.1) is 13.8 Å². The first kappa shape index (κ1) is 23.1. The molecule has 1 unspecified atom stereocenters. The van der Waals surface area contributed by atoms with Gasteiger partial charge in [-0.05, 0) is 39.0 Å². The number of aromatic nitrogens is 2. The Labute approximate surface area is 178 Å². The number of rotatable bonds is 6. The lowest BCUT2D eigenvalue weighted by molar-refractivity contribution is 0.394. The lowest BCUT2D eigenvalue weighted by Gasteiger charge is -2.21. The van der Waals surface area contributed by atoms with E-state index in [0.717, 1.165) is 28.5 Å². The number of guanidine groups is 1. The van der Waals surface area contributed by atoms with Crippen LogP contribution in [-0.2, 0) is 13.6 Å². The summed E-state index contributed by atoms with van der Waals surface area (Å²) in [6.07, 6.45) is 0. The van der Waals surface area contributed by atoms with Crippen LogP contribution in [-0.4, -0.2) is 37.0 Å². The molecule has 0 saturated heterocycles. The van der Waals surface area contributed by atoms with E-state index in [1.165, 1.54) is 5.56 Å². The van der Waals surface area contributed by atoms with Crippen molar-refractivity contribution in [3.05, 3.63) is 40.7 Å². The third-order valence-corrected chi connectivity index (χ3v) is 4.57. The Morgan fingerprint density at radius 2 is 1.96 bits per heavy atom. The van der Waals surface area contributed by atoms with Gasteiger partial charge in [-0.3, -0.25) is 9.67 Å². The average Bonchev–Trinajstić information content (AvgIpc) is 2.89. The Hall–Kier alpha value is -1.97. The Bertz CT molecular complexity index is 789. The lowest BCUT2D eigenvalue weighted by atomic mass is 10.1. The van der Waals surface area contributed by atoms with Crippen LogP contribution in [0.5, 0.6) is 11.5 Å². The van der Waals surface area contributed by atoms with Gasteiger partial charge in [-0.25, -0.2) is 0 Å². The molecule has 0 aliphatic carbocycles. The van der Waals surface area contributed by atoms with Crippen molar-refractivity contribution in [2.24, 2.45) is 12.0 Å². The highest BCUT2D eigenvalue weighted by atomic mass is 127. The van der Waals surface area contributed by atoms with Crippen molar-refractivity contribution in [2.45, 2.75) is 33.4 Å². The second-order valence-electron chi connectivity index (χ2n) is 6.17. The van der Waals surface area contributed by atoms with Gasteiger partial charge in [-0.1, -0.05) is 0 Å². The zero-order chi connectivity index (χ0) is 19.3. The molecule has 8 heteroatoms. The molecule has 1 heterocycles. The number of nitrogens with one attached hydrogen (secondary N) is 2. The topological polar surface area (TPSA) is 72.7 Å². The van der Waals surface area contributed by atoms with Crippen LogP contribution < -0.4 is 20.1 Å². The zero-order valence-corrected chi connectivity index (χ0v) is 19.4. The maximum absolute atomic E-state index is 5.48. The Morgan fingerprint density at radius 3 is 2.48 bits per heavy atom. The normalized spacial score (nSPS) is 12.2. The predicted molar refractivity (Wildman–Crippen MR) is 119 cm³/mol. The summed E-state index contributed by atoms with van der Waals surface area (Å²) in [4.78, 5) is 4.33. The summed E-state index contributed by atoms with van der Waals surface area (Å²) in [6.45, 7) is 6.80. The molecule has 7 nitrogen and oxygen atoms in total. The van der Waals surface area contributed by atoms with Crippen molar-refractivity contribution in [2.75, 3.05) is 21.3 Å². The van der Waals surface area contributed by atoms with Crippen LogP contribution in [0.3, 0.4) is 0 Å². The highest BCUT2D eigenvalue weighted by molar-refractivity contribution is 14.0. The first-order chi connectivity index (χ1) is 12.4. The van der Waals surface area contributed by atoms with Crippen molar-refractivity contribution < 1.29 is 9.47 Å². The third kappa shape index (κ3) is 5.50. The number of halogens is 1. The molecule has 0 amide bonds. The van der Waals surface area contributed by atoms with E-state index < -0.39 is 0 Å². The van der Waals surface area contributed by atoms with Gasteiger partial charge in [0.1, 0.15) is 11.5 Å². The summed E-state index contributed by atoms with van der Waals surface area (Å²) < 4.78 is 12.7. The fraction of sp³-hybridized carbons (Fsp3) is 0.474. The molecule has 1 atom stereocenters. The summed E-state index contributed by atoms with van der Waals surface area (Å²) >= 11 is 0. The number of hydrogen-bond donors (Lipinski definition) is 2. The maximum atomic E-state index is 5.48. The lowest BCUT2D eigenvalue weighted by Crippen LogP contribution is -2.38. The SMILES string of the molecule is CN=C(NCc1c(C)nn(C)c1C)NC(C)c1cc(OC)ccc1OC.I. The summed E-state index contributed by atoms with van der Waals surface area (Å²) in [5.41, 5.74) is 4.36. The first-order valence-corrected chi connectivity index (χ1v) is 8.59. The molecule has 1 aromatic carbocycles. The molecule has 150 valence electrons. The molecular weight excluding hydrogens is 457 g/mol. The molecule has 2 aromatic rings. The first-order valence-electron chi connectivity index (χ1n) is 8.59. The molecule has 0 saturated carbocycles. The molecule has 0 spiro atoms. The molecular formula is C19H30IN5O2. The minimum absolute atomic E-state index is 0. The smallest absolute Gasteiger partial charge is 0.191 e. The van der Waals surface area contributed by atoms with Gasteiger partial charge in [-0.2, -0.15) is 5.10 Å². The van der Waals surface area contributed by atoms with Gasteiger partial charge in [0.25, 0.3) is 0 Å². The van der Waals surface area contributed by atoms with Gasteiger partial charge in [0.2, 0.25) is 0 Å². The number of hydrogen-bond acceptors (Lipinski definition) is 4. The molecule has 2 rings (SSSR count). The summed E-state index contributed by atoms with van der Waals surface area (Å²) in [7, 11) is 7.03. The van der Waals surface area contributed by atoms with Crippen molar-refractivity contribution in [1.82, 2.24) is 20.4 Å². The maximum Gasteiger partial charge on any atom is 0.191 e. The van der Waals surface area contributed by atoms with Gasteiger partial charge in [-0.15, -0.1) is 24.0 Å². The fourth-order valence-corrected chi connectivity index (χ4v) is 2.90. The molecule has 27 heavy (non-hydrogen) atoms. The van der Waals surface area contributed by atoms with Crippen LogP contribution in [0.15, 0.2) is 23.2 Å². The Morgan fingerprint density at radius 1 is 1.26 bits per heavy atom. The van der Waals surface area contributed by atoms with Crippen molar-refractivity contribution in [3.63, 3.8) is 0 Å². The van der Waals surface area contributed by atoms with Gasteiger partial charge >= 0.3 is 0 Å². The van der Waals surface area contributed by atoms with E-state index in [0.29, 0.717) is 12.5 Å². The highest BCUT2D eigenvalue weighted by Crippen LogP contribution is 2.29. The number of nitrogens with zero attached hydrogens (tertiary/aromatic N) is 3. The van der Waals surface area contributed by atoms with Crippen molar-refractivity contribution in [1.29, 1.82) is 0 Å². The zero-order valence-electron chi connectivity index (χ0n) is 17.1. The van der Waals surface area contributed by atoms with E-state index in [1.54, 1.807) is 21.3 Å². The molecule has 2 N–H and O–H groups in total. The Balaban J connectivity index is 0.00000364. The number of ether oxygens (including phenoxy) is 2. The van der Waals surface area contributed by atoms with Crippen LogP contribution >= 0.6 is 24.0 Å². The van der Waals surface area contributed by atoms with Gasteiger partial charge in [0, 0.05) is 37.5 Å². The molecule has 0 aliphatic rings. The summed E-state index contributed by atoms with van der Waals surface area (Å²) in [6, 6.07) is 5.75. The average molecular weight is 487 g/mol. The van der Waals surface area contributed by atoms with Gasteiger partial charge < -0.3 is 20.1 Å². The predicted octanol–water partition coefficient (Wildman–Crippen LogP) is 3.10. The second kappa shape index (κ2) is 10.4. The molecule has 0 fully saturated rings. The molecule has 0 radical (unpaired) electrons. The number of benzene rings is 1. The van der Waals surface area contributed by atoms with Crippen LogP contribution in [0.4, 0.5) is 0 Å². The summed E-state index contributed by atoms with van der Waals surface area (Å²) in [5.74, 6) is 2.31. The monoisotopic (exact) mass is 487 g/mol. The molecule has 0 bridgehead atoms. The third-order valence-electron chi connectivity index (χ3n) is 4.57. The van der Waals surface area contributed by atoms with Crippen LogP contribution in [0.25, 0.3) is 0 Å². The molecule has 1 aromatic heterocycles. The molecule has 0 aliphatic heterocycles. The second-order valence-corrected chi connectivity index (χ2v) is 6.17. The van der Waals surface area contributed by atoms with Crippen LogP contribution in [0.1, 0.15) is 35.5 Å². The van der Waals surface area contributed by atoms with E-state index >= 15 is 0 Å². The number of aryl methyl sites for hydroxylation is 2. The highest BCUT2D eigenvalue weighted by Gasteiger charge is 2.15. The van der Waals surface area contributed by atoms with E-state index in [2.05, 4.69) is 34.6 Å². The summed E-state index contributed by atoms with van der Waals surface area (Å²) in [5, 5.41) is 11.2. The number of methoxy groups -OCH3 is 2.